The van der Waals surface area contributed by atoms with E-state index < -0.39 is 10.0 Å². The molecular weight excluding hydrogens is 276 g/mol. The fourth-order valence-electron chi connectivity index (χ4n) is 1.71. The minimum Gasteiger partial charge on any atom is -0.274 e. The lowest BCUT2D eigenvalue weighted by Gasteiger charge is -2.17. The van der Waals surface area contributed by atoms with Crippen LogP contribution < -0.4 is 4.31 Å². The van der Waals surface area contributed by atoms with Gasteiger partial charge in [0.05, 0.1) is 29.3 Å². The maximum atomic E-state index is 12.3. The fraction of sp³-hybridized carbons (Fsp3) is 0.231. The number of aryl methyl sites for hydroxylation is 1. The Morgan fingerprint density at radius 1 is 1.35 bits per heavy atom. The van der Waals surface area contributed by atoms with Gasteiger partial charge >= 0.3 is 0 Å². The molecule has 7 heteroatoms. The first-order valence-corrected chi connectivity index (χ1v) is 7.47. The molecule has 1 heterocycles. The summed E-state index contributed by atoms with van der Waals surface area (Å²) in [6.45, 7) is 0. The summed E-state index contributed by atoms with van der Waals surface area (Å²) in [5.41, 5.74) is 1.66. The molecule has 0 aliphatic carbocycles. The van der Waals surface area contributed by atoms with Crippen LogP contribution in [0.4, 0.5) is 5.69 Å². The number of hydrogen-bond acceptors (Lipinski definition) is 4. The van der Waals surface area contributed by atoms with Gasteiger partial charge in [-0.25, -0.2) is 8.42 Å². The molecule has 104 valence electrons. The standard InChI is InChI=1S/C13H14N4O2S/c1-16-9-13(8-15-16)17(2)20(18,19)10-12-5-3-11(7-14)4-6-12/h3-6,8-9H,10H2,1-2H3. The Labute approximate surface area is 117 Å². The average molecular weight is 290 g/mol. The number of nitriles is 1. The van der Waals surface area contributed by atoms with Crippen molar-refractivity contribution >= 4 is 15.7 Å². The first kappa shape index (κ1) is 14.1. The molecule has 0 aliphatic rings. The van der Waals surface area contributed by atoms with Crippen LogP contribution >= 0.6 is 0 Å². The third-order valence-electron chi connectivity index (χ3n) is 2.90. The highest BCUT2D eigenvalue weighted by Gasteiger charge is 2.20. The zero-order valence-corrected chi connectivity index (χ0v) is 12.0. The monoisotopic (exact) mass is 290 g/mol. The Hall–Kier alpha value is -2.33. The first-order chi connectivity index (χ1) is 9.42. The van der Waals surface area contributed by atoms with Gasteiger partial charge in [0.1, 0.15) is 0 Å². The Kier molecular flexibility index (Phi) is 3.77. The maximum absolute atomic E-state index is 12.3. The second-order valence-electron chi connectivity index (χ2n) is 4.40. The van der Waals surface area contributed by atoms with Crippen molar-refractivity contribution in [2.45, 2.75) is 5.75 Å². The van der Waals surface area contributed by atoms with Crippen molar-refractivity contribution < 1.29 is 8.42 Å². The Balaban J connectivity index is 2.20. The minimum absolute atomic E-state index is 0.121. The van der Waals surface area contributed by atoms with Gasteiger partial charge in [0.2, 0.25) is 10.0 Å². The van der Waals surface area contributed by atoms with Crippen LogP contribution in [0.3, 0.4) is 0 Å². The van der Waals surface area contributed by atoms with E-state index in [0.717, 1.165) is 0 Å². The zero-order chi connectivity index (χ0) is 14.8. The van der Waals surface area contributed by atoms with Crippen LogP contribution in [0.15, 0.2) is 36.7 Å². The van der Waals surface area contributed by atoms with E-state index in [2.05, 4.69) is 5.10 Å². The molecule has 2 rings (SSSR count). The normalized spacial score (nSPS) is 11.1. The lowest BCUT2D eigenvalue weighted by Crippen LogP contribution is -2.27. The van der Waals surface area contributed by atoms with Crippen LogP contribution in [0.5, 0.6) is 0 Å². The predicted molar refractivity (Wildman–Crippen MR) is 75.4 cm³/mol. The molecule has 20 heavy (non-hydrogen) atoms. The molecule has 0 fully saturated rings. The SMILES string of the molecule is CN(c1cnn(C)c1)S(=O)(=O)Cc1ccc(C#N)cc1. The van der Waals surface area contributed by atoms with Gasteiger partial charge in [-0.05, 0) is 17.7 Å². The molecule has 2 aromatic rings. The molecule has 0 radical (unpaired) electrons. The number of hydrogen-bond donors (Lipinski definition) is 0. The lowest BCUT2D eigenvalue weighted by atomic mass is 10.2. The molecule has 0 unspecified atom stereocenters. The van der Waals surface area contributed by atoms with Crippen molar-refractivity contribution in [2.24, 2.45) is 7.05 Å². The topological polar surface area (TPSA) is 79.0 Å². The summed E-state index contributed by atoms with van der Waals surface area (Å²) >= 11 is 0. The molecule has 1 aromatic carbocycles. The van der Waals surface area contributed by atoms with E-state index in [1.54, 1.807) is 42.2 Å². The van der Waals surface area contributed by atoms with Gasteiger partial charge < -0.3 is 0 Å². The Morgan fingerprint density at radius 3 is 2.50 bits per heavy atom. The largest absolute Gasteiger partial charge is 0.274 e. The second-order valence-corrected chi connectivity index (χ2v) is 6.40. The molecular formula is C13H14N4O2S. The molecule has 0 bridgehead atoms. The van der Waals surface area contributed by atoms with E-state index >= 15 is 0 Å². The van der Waals surface area contributed by atoms with Crippen LogP contribution in [0, 0.1) is 11.3 Å². The molecule has 0 saturated carbocycles. The van der Waals surface area contributed by atoms with E-state index in [9.17, 15) is 8.42 Å². The lowest BCUT2D eigenvalue weighted by molar-refractivity contribution is 0.593. The number of sulfonamides is 1. The number of aromatic nitrogens is 2. The summed E-state index contributed by atoms with van der Waals surface area (Å²) in [5, 5.41) is 12.7. The van der Waals surface area contributed by atoms with E-state index in [1.165, 1.54) is 17.5 Å². The first-order valence-electron chi connectivity index (χ1n) is 5.86. The van der Waals surface area contributed by atoms with Gasteiger partial charge in [0.15, 0.2) is 0 Å². The molecule has 0 saturated heterocycles. The average Bonchev–Trinajstić information content (AvgIpc) is 2.85. The molecule has 0 aliphatic heterocycles. The quantitative estimate of drug-likeness (QED) is 0.849. The predicted octanol–water partition coefficient (Wildman–Crippen LogP) is 1.26. The van der Waals surface area contributed by atoms with Crippen LogP contribution in [0.25, 0.3) is 0 Å². The van der Waals surface area contributed by atoms with Gasteiger partial charge in [-0.1, -0.05) is 12.1 Å². The summed E-state index contributed by atoms with van der Waals surface area (Å²) in [7, 11) is -0.253. The third-order valence-corrected chi connectivity index (χ3v) is 4.65. The van der Waals surface area contributed by atoms with Crippen LogP contribution in [0.1, 0.15) is 11.1 Å². The van der Waals surface area contributed by atoms with E-state index in [-0.39, 0.29) is 5.75 Å². The van der Waals surface area contributed by atoms with Crippen molar-refractivity contribution in [1.29, 1.82) is 5.26 Å². The minimum atomic E-state index is -3.48. The zero-order valence-electron chi connectivity index (χ0n) is 11.2. The fourth-order valence-corrected chi connectivity index (χ4v) is 2.94. The highest BCUT2D eigenvalue weighted by Crippen LogP contribution is 2.18. The van der Waals surface area contributed by atoms with Crippen LogP contribution in [0.2, 0.25) is 0 Å². The van der Waals surface area contributed by atoms with Crippen molar-refractivity contribution in [3.05, 3.63) is 47.8 Å². The van der Waals surface area contributed by atoms with Crippen molar-refractivity contribution in [1.82, 2.24) is 9.78 Å². The third kappa shape index (κ3) is 2.97. The Bertz CT molecular complexity index is 741. The summed E-state index contributed by atoms with van der Waals surface area (Å²) in [6.07, 6.45) is 3.13. The van der Waals surface area contributed by atoms with Gasteiger partial charge in [-0.2, -0.15) is 10.4 Å². The maximum Gasteiger partial charge on any atom is 0.239 e. The van der Waals surface area contributed by atoms with E-state index in [4.69, 9.17) is 5.26 Å². The van der Waals surface area contributed by atoms with Gasteiger partial charge in [-0.15, -0.1) is 0 Å². The van der Waals surface area contributed by atoms with Gasteiger partial charge in [-0.3, -0.25) is 8.99 Å². The highest BCUT2D eigenvalue weighted by molar-refractivity contribution is 7.92. The smallest absolute Gasteiger partial charge is 0.239 e. The summed E-state index contributed by atoms with van der Waals surface area (Å²) in [4.78, 5) is 0. The Morgan fingerprint density at radius 2 is 2.00 bits per heavy atom. The number of benzene rings is 1. The van der Waals surface area contributed by atoms with Gasteiger partial charge in [0.25, 0.3) is 0 Å². The number of rotatable bonds is 4. The molecule has 0 N–H and O–H groups in total. The molecule has 0 amide bonds. The van der Waals surface area contributed by atoms with Crippen LogP contribution in [-0.2, 0) is 22.8 Å². The second kappa shape index (κ2) is 5.35. The van der Waals surface area contributed by atoms with Crippen LogP contribution in [-0.4, -0.2) is 25.2 Å². The van der Waals surface area contributed by atoms with E-state index in [0.29, 0.717) is 16.8 Å². The van der Waals surface area contributed by atoms with Crippen molar-refractivity contribution in [2.75, 3.05) is 11.4 Å². The molecule has 0 atom stereocenters. The molecule has 6 nitrogen and oxygen atoms in total. The highest BCUT2D eigenvalue weighted by atomic mass is 32.2. The summed E-state index contributed by atoms with van der Waals surface area (Å²) in [6, 6.07) is 8.50. The van der Waals surface area contributed by atoms with Crippen molar-refractivity contribution in [3.8, 4) is 6.07 Å². The molecule has 1 aromatic heterocycles. The summed E-state index contributed by atoms with van der Waals surface area (Å²) in [5.74, 6) is -0.121. The van der Waals surface area contributed by atoms with E-state index in [1.807, 2.05) is 6.07 Å². The summed E-state index contributed by atoms with van der Waals surface area (Å²) < 4.78 is 27.3. The number of anilines is 1. The molecule has 0 spiro atoms. The van der Waals surface area contributed by atoms with Crippen molar-refractivity contribution in [3.63, 3.8) is 0 Å². The van der Waals surface area contributed by atoms with Gasteiger partial charge in [0, 0.05) is 20.3 Å². The number of nitrogens with zero attached hydrogens (tertiary/aromatic N) is 4.